The molecule has 0 saturated heterocycles. The molecule has 0 spiro atoms. The summed E-state index contributed by atoms with van der Waals surface area (Å²) in [7, 11) is 0. The predicted molar refractivity (Wildman–Crippen MR) is 132 cm³/mol. The molecule has 0 aliphatic heterocycles. The SMILES string of the molecule is C=CCCc1ccc(-c2ccc3c(F)c(C#Cc4ccc(OCC(F)(F)F)c(F)c4)ccc3c2)cc1. The molecule has 0 fully saturated rings. The third-order valence-electron chi connectivity index (χ3n) is 5.54. The Hall–Kier alpha value is -4.11. The van der Waals surface area contributed by atoms with Gasteiger partial charge in [-0.25, -0.2) is 8.78 Å². The minimum Gasteiger partial charge on any atom is -0.481 e. The summed E-state index contributed by atoms with van der Waals surface area (Å²) in [6, 6.07) is 20.3. The topological polar surface area (TPSA) is 9.23 Å². The van der Waals surface area contributed by atoms with Crippen molar-refractivity contribution in [2.75, 3.05) is 6.61 Å². The maximum atomic E-state index is 15.1. The van der Waals surface area contributed by atoms with E-state index in [-0.39, 0.29) is 11.1 Å². The molecule has 0 N–H and O–H groups in total. The molecule has 4 rings (SSSR count). The zero-order valence-corrected chi connectivity index (χ0v) is 19.1. The van der Waals surface area contributed by atoms with E-state index in [0.29, 0.717) is 10.8 Å². The quantitative estimate of drug-likeness (QED) is 0.150. The average Bonchev–Trinajstić information content (AvgIpc) is 2.86. The van der Waals surface area contributed by atoms with Crippen molar-refractivity contribution in [1.29, 1.82) is 0 Å². The second-order valence-corrected chi connectivity index (χ2v) is 8.19. The van der Waals surface area contributed by atoms with Gasteiger partial charge in [-0.2, -0.15) is 13.2 Å². The van der Waals surface area contributed by atoms with Crippen molar-refractivity contribution < 1.29 is 26.7 Å². The molecule has 0 aromatic heterocycles. The lowest BCUT2D eigenvalue weighted by molar-refractivity contribution is -0.153. The molecule has 0 aliphatic rings. The molecule has 0 unspecified atom stereocenters. The van der Waals surface area contributed by atoms with Gasteiger partial charge >= 0.3 is 6.18 Å². The van der Waals surface area contributed by atoms with Crippen molar-refractivity contribution >= 4 is 10.8 Å². The predicted octanol–water partition coefficient (Wildman–Crippen LogP) is 8.24. The van der Waals surface area contributed by atoms with Crippen LogP contribution < -0.4 is 4.74 Å². The monoisotopic (exact) mass is 492 g/mol. The van der Waals surface area contributed by atoms with Gasteiger partial charge in [-0.05, 0) is 65.3 Å². The Bertz CT molecular complexity index is 1460. The van der Waals surface area contributed by atoms with Crippen LogP contribution in [0.3, 0.4) is 0 Å². The minimum absolute atomic E-state index is 0.125. The molecular formula is C30H21F5O. The summed E-state index contributed by atoms with van der Waals surface area (Å²) < 4.78 is 70.4. The third-order valence-corrected chi connectivity index (χ3v) is 5.54. The molecule has 0 bridgehead atoms. The number of aryl methyl sites for hydroxylation is 1. The molecule has 0 amide bonds. The minimum atomic E-state index is -4.57. The summed E-state index contributed by atoms with van der Waals surface area (Å²) in [5.74, 6) is 3.31. The fraction of sp³-hybridized carbons (Fsp3) is 0.133. The van der Waals surface area contributed by atoms with Gasteiger partial charge in [0.05, 0.1) is 5.56 Å². The number of hydrogen-bond acceptors (Lipinski definition) is 1. The van der Waals surface area contributed by atoms with Gasteiger partial charge in [0.25, 0.3) is 0 Å². The Balaban J connectivity index is 1.54. The van der Waals surface area contributed by atoms with E-state index in [0.717, 1.165) is 36.1 Å². The highest BCUT2D eigenvalue weighted by Gasteiger charge is 2.28. The van der Waals surface area contributed by atoms with Crippen LogP contribution >= 0.6 is 0 Å². The molecule has 36 heavy (non-hydrogen) atoms. The lowest BCUT2D eigenvalue weighted by Crippen LogP contribution is -2.19. The van der Waals surface area contributed by atoms with Crippen molar-refractivity contribution in [3.8, 4) is 28.7 Å². The van der Waals surface area contributed by atoms with Gasteiger partial charge in [0, 0.05) is 10.9 Å². The Kier molecular flexibility index (Phi) is 7.40. The number of fused-ring (bicyclic) bond motifs is 1. The van der Waals surface area contributed by atoms with Crippen LogP contribution in [0.15, 0.2) is 85.5 Å². The van der Waals surface area contributed by atoms with Gasteiger partial charge in [-0.15, -0.1) is 6.58 Å². The third kappa shape index (κ3) is 6.11. The number of allylic oxidation sites excluding steroid dienone is 1. The molecule has 4 aromatic rings. The summed E-state index contributed by atoms with van der Waals surface area (Å²) in [5.41, 5.74) is 3.50. The second-order valence-electron chi connectivity index (χ2n) is 8.19. The van der Waals surface area contributed by atoms with E-state index in [1.807, 2.05) is 30.3 Å². The van der Waals surface area contributed by atoms with Crippen molar-refractivity contribution in [2.45, 2.75) is 19.0 Å². The summed E-state index contributed by atoms with van der Waals surface area (Å²) in [6.45, 7) is 2.14. The van der Waals surface area contributed by atoms with Crippen molar-refractivity contribution in [3.05, 3.63) is 114 Å². The molecule has 0 saturated carbocycles. The summed E-state index contributed by atoms with van der Waals surface area (Å²) in [6.07, 6.45) is -0.846. The number of ether oxygens (including phenoxy) is 1. The first-order valence-corrected chi connectivity index (χ1v) is 11.2. The van der Waals surface area contributed by atoms with Gasteiger partial charge in [0.1, 0.15) is 5.82 Å². The highest BCUT2D eigenvalue weighted by atomic mass is 19.4. The number of alkyl halides is 3. The van der Waals surface area contributed by atoms with Crippen LogP contribution in [0.5, 0.6) is 5.75 Å². The fourth-order valence-electron chi connectivity index (χ4n) is 3.70. The van der Waals surface area contributed by atoms with E-state index in [1.165, 1.54) is 11.6 Å². The highest BCUT2D eigenvalue weighted by Crippen LogP contribution is 2.28. The molecule has 6 heteroatoms. The summed E-state index contributed by atoms with van der Waals surface area (Å²) in [5, 5.41) is 1.11. The normalized spacial score (nSPS) is 11.1. The molecule has 0 radical (unpaired) electrons. The van der Waals surface area contributed by atoms with Crippen molar-refractivity contribution in [2.24, 2.45) is 0 Å². The Labute approximate surface area is 205 Å². The Morgan fingerprint density at radius 1 is 0.833 bits per heavy atom. The highest BCUT2D eigenvalue weighted by molar-refractivity contribution is 5.89. The maximum absolute atomic E-state index is 15.1. The lowest BCUT2D eigenvalue weighted by atomic mass is 9.98. The number of hydrogen-bond donors (Lipinski definition) is 0. The molecule has 0 aliphatic carbocycles. The molecule has 1 nitrogen and oxygen atoms in total. The molecule has 4 aromatic carbocycles. The van der Waals surface area contributed by atoms with E-state index in [9.17, 15) is 17.6 Å². The molecule has 182 valence electrons. The van der Waals surface area contributed by atoms with Crippen LogP contribution in [0.4, 0.5) is 22.0 Å². The van der Waals surface area contributed by atoms with Crippen LogP contribution in [-0.4, -0.2) is 12.8 Å². The largest absolute Gasteiger partial charge is 0.481 e. The Morgan fingerprint density at radius 3 is 2.28 bits per heavy atom. The van der Waals surface area contributed by atoms with Crippen LogP contribution in [-0.2, 0) is 6.42 Å². The smallest absolute Gasteiger partial charge is 0.422 e. The average molecular weight is 492 g/mol. The standard InChI is InChI=1S/C30H21F5O/c1-2-3-4-20-5-9-22(10-6-20)24-14-15-26-25(18-24)13-12-23(29(26)32)11-7-21-8-16-28(27(31)17-21)36-19-30(33,34)35/h2,5-6,8-10,12-18H,1,3-4,19H2. The first kappa shape index (κ1) is 25.0. The van der Waals surface area contributed by atoms with Gasteiger partial charge in [-0.3, -0.25) is 0 Å². The van der Waals surface area contributed by atoms with Crippen LogP contribution in [0.1, 0.15) is 23.1 Å². The van der Waals surface area contributed by atoms with Gasteiger partial charge in [0.2, 0.25) is 0 Å². The molecule has 0 heterocycles. The zero-order chi connectivity index (χ0) is 25.7. The van der Waals surface area contributed by atoms with Gasteiger partial charge < -0.3 is 4.74 Å². The van der Waals surface area contributed by atoms with Gasteiger partial charge in [-0.1, -0.05) is 60.4 Å². The van der Waals surface area contributed by atoms with E-state index < -0.39 is 30.2 Å². The van der Waals surface area contributed by atoms with E-state index in [4.69, 9.17) is 0 Å². The zero-order valence-electron chi connectivity index (χ0n) is 19.1. The molecule has 0 atom stereocenters. The first-order chi connectivity index (χ1) is 17.2. The van der Waals surface area contributed by atoms with E-state index in [1.54, 1.807) is 18.2 Å². The molecular weight excluding hydrogens is 471 g/mol. The number of halogens is 5. The summed E-state index contributed by atoms with van der Waals surface area (Å²) >= 11 is 0. The van der Waals surface area contributed by atoms with Crippen molar-refractivity contribution in [1.82, 2.24) is 0 Å². The fourth-order valence-corrected chi connectivity index (χ4v) is 3.70. The number of rotatable bonds is 6. The lowest BCUT2D eigenvalue weighted by Gasteiger charge is -2.09. The Morgan fingerprint density at radius 2 is 1.58 bits per heavy atom. The van der Waals surface area contributed by atoms with E-state index in [2.05, 4.69) is 35.3 Å². The first-order valence-electron chi connectivity index (χ1n) is 11.2. The van der Waals surface area contributed by atoms with Crippen LogP contribution in [0.2, 0.25) is 0 Å². The number of benzene rings is 4. The summed E-state index contributed by atoms with van der Waals surface area (Å²) in [4.78, 5) is 0. The second kappa shape index (κ2) is 10.7. The van der Waals surface area contributed by atoms with Gasteiger partial charge in [0.15, 0.2) is 18.2 Å². The van der Waals surface area contributed by atoms with Crippen LogP contribution in [0, 0.1) is 23.5 Å². The maximum Gasteiger partial charge on any atom is 0.422 e. The van der Waals surface area contributed by atoms with Crippen molar-refractivity contribution in [3.63, 3.8) is 0 Å². The van der Waals surface area contributed by atoms with E-state index >= 15 is 4.39 Å². The van der Waals surface area contributed by atoms with Crippen LogP contribution in [0.25, 0.3) is 21.9 Å².